The molecule has 3 aromatic rings. The SMILES string of the molecule is COc1ccc([C@@H]2[C@H]3CSCN3[C@]3(C(=O)Nc4ccccc43)[C@]23CNc2c(cccc2[N+](=O)[O-])C3=O)cc1. The summed E-state index contributed by atoms with van der Waals surface area (Å²) in [6.07, 6.45) is 0. The van der Waals surface area contributed by atoms with Gasteiger partial charge in [0.05, 0.1) is 17.4 Å². The number of amides is 1. The van der Waals surface area contributed by atoms with Crippen LogP contribution in [0.15, 0.2) is 66.7 Å². The lowest BCUT2D eigenvalue weighted by Crippen LogP contribution is -2.63. The predicted molar refractivity (Wildman–Crippen MR) is 144 cm³/mol. The van der Waals surface area contributed by atoms with E-state index >= 15 is 0 Å². The summed E-state index contributed by atoms with van der Waals surface area (Å²) in [5.74, 6) is 1.22. The Labute approximate surface area is 222 Å². The van der Waals surface area contributed by atoms with Gasteiger partial charge in [0.15, 0.2) is 5.78 Å². The number of thioether (sulfide) groups is 1. The highest BCUT2D eigenvalue weighted by Gasteiger charge is 2.78. The second-order valence-electron chi connectivity index (χ2n) is 10.1. The molecule has 38 heavy (non-hydrogen) atoms. The van der Waals surface area contributed by atoms with Crippen molar-refractivity contribution in [3.05, 3.63) is 93.5 Å². The number of fused-ring (bicyclic) bond motifs is 6. The van der Waals surface area contributed by atoms with E-state index in [1.54, 1.807) is 31.0 Å². The Morgan fingerprint density at radius 1 is 1.08 bits per heavy atom. The van der Waals surface area contributed by atoms with Crippen molar-refractivity contribution in [2.24, 2.45) is 5.41 Å². The zero-order chi connectivity index (χ0) is 26.2. The Balaban J connectivity index is 1.55. The van der Waals surface area contributed by atoms with Gasteiger partial charge in [-0.2, -0.15) is 0 Å². The number of nitrogens with one attached hydrogen (secondary N) is 2. The van der Waals surface area contributed by atoms with Crippen LogP contribution in [0.4, 0.5) is 17.1 Å². The standard InChI is InChI=1S/C28H24N4O5S/c1-37-17-11-9-16(10-12-17)23-22-13-38-15-31(22)28(19-6-2-3-7-20(19)30-26(28)34)27(23)14-29-24-18(25(27)33)5-4-8-21(24)32(35)36/h2-12,22-23,29H,13-15H2,1H3,(H,30,34)/t22-,23-,27-,28-/m1/s1. The highest BCUT2D eigenvalue weighted by atomic mass is 32.2. The highest BCUT2D eigenvalue weighted by Crippen LogP contribution is 2.68. The third kappa shape index (κ3) is 2.66. The molecule has 0 aromatic heterocycles. The van der Waals surface area contributed by atoms with Gasteiger partial charge in [0, 0.05) is 53.0 Å². The lowest BCUT2D eigenvalue weighted by Gasteiger charge is -2.48. The Morgan fingerprint density at radius 2 is 1.87 bits per heavy atom. The van der Waals surface area contributed by atoms with Crippen LogP contribution in [0.25, 0.3) is 0 Å². The van der Waals surface area contributed by atoms with Crippen molar-refractivity contribution >= 4 is 40.5 Å². The number of carbonyl (C=O) groups excluding carboxylic acids is 2. The van der Waals surface area contributed by atoms with Crippen molar-refractivity contribution in [1.29, 1.82) is 0 Å². The molecule has 2 saturated heterocycles. The van der Waals surface area contributed by atoms with Gasteiger partial charge in [0.1, 0.15) is 17.0 Å². The van der Waals surface area contributed by atoms with Crippen molar-refractivity contribution in [3.63, 3.8) is 0 Å². The molecule has 10 heteroatoms. The lowest BCUT2D eigenvalue weighted by atomic mass is 9.56. The summed E-state index contributed by atoms with van der Waals surface area (Å²) in [4.78, 5) is 42.8. The number of rotatable bonds is 3. The van der Waals surface area contributed by atoms with Gasteiger partial charge in [-0.25, -0.2) is 0 Å². The molecular formula is C28H24N4O5S. The fourth-order valence-corrected chi connectivity index (χ4v) is 8.64. The molecule has 9 nitrogen and oxygen atoms in total. The van der Waals surface area contributed by atoms with Gasteiger partial charge in [0.2, 0.25) is 0 Å². The normalized spacial score (nSPS) is 29.1. The van der Waals surface area contributed by atoms with Crippen LogP contribution in [-0.2, 0) is 10.3 Å². The van der Waals surface area contributed by atoms with Crippen LogP contribution in [-0.4, -0.2) is 52.8 Å². The fraction of sp³-hybridized carbons (Fsp3) is 0.286. The molecule has 2 spiro atoms. The smallest absolute Gasteiger partial charge is 0.293 e. The summed E-state index contributed by atoms with van der Waals surface area (Å²) in [6.45, 7) is 0.0831. The predicted octanol–water partition coefficient (Wildman–Crippen LogP) is 4.22. The number of Topliss-reactive ketones (excluding diaryl/α,β-unsaturated/α-hetero) is 1. The maximum absolute atomic E-state index is 15.0. The Kier molecular flexibility index (Phi) is 4.93. The van der Waals surface area contributed by atoms with Crippen LogP contribution >= 0.6 is 11.8 Å². The minimum Gasteiger partial charge on any atom is -0.497 e. The van der Waals surface area contributed by atoms with E-state index in [9.17, 15) is 19.7 Å². The molecule has 0 radical (unpaired) electrons. The molecule has 0 aliphatic carbocycles. The third-order valence-electron chi connectivity index (χ3n) is 8.71. The van der Waals surface area contributed by atoms with E-state index in [2.05, 4.69) is 15.5 Å². The van der Waals surface area contributed by atoms with Gasteiger partial charge in [-0.05, 0) is 29.8 Å². The van der Waals surface area contributed by atoms with Crippen LogP contribution in [0.2, 0.25) is 0 Å². The number of methoxy groups -OCH3 is 1. The summed E-state index contributed by atoms with van der Waals surface area (Å²) in [6, 6.07) is 19.7. The lowest BCUT2D eigenvalue weighted by molar-refractivity contribution is -0.384. The second kappa shape index (κ2) is 8.05. The molecule has 0 bridgehead atoms. The number of ketones is 1. The molecule has 2 N–H and O–H groups in total. The van der Waals surface area contributed by atoms with Crippen molar-refractivity contribution < 1.29 is 19.2 Å². The van der Waals surface area contributed by atoms with Gasteiger partial charge in [-0.3, -0.25) is 24.6 Å². The van der Waals surface area contributed by atoms with Gasteiger partial charge in [0.25, 0.3) is 11.6 Å². The number of hydrogen-bond donors (Lipinski definition) is 2. The average molecular weight is 529 g/mol. The zero-order valence-corrected chi connectivity index (χ0v) is 21.3. The first kappa shape index (κ1) is 23.2. The van der Waals surface area contributed by atoms with Crippen molar-refractivity contribution in [2.75, 3.05) is 35.9 Å². The first-order valence-corrected chi connectivity index (χ1v) is 13.6. The number of nitro groups is 1. The molecule has 0 unspecified atom stereocenters. The molecule has 192 valence electrons. The van der Waals surface area contributed by atoms with E-state index in [1.165, 1.54) is 6.07 Å². The molecule has 7 rings (SSSR count). The minimum atomic E-state index is -1.28. The largest absolute Gasteiger partial charge is 0.497 e. The Bertz CT molecular complexity index is 1530. The first-order chi connectivity index (χ1) is 18.4. The Hall–Kier alpha value is -3.89. The average Bonchev–Trinajstić information content (AvgIpc) is 3.58. The number of nitrogens with zero attached hydrogens (tertiary/aromatic N) is 2. The zero-order valence-electron chi connectivity index (χ0n) is 20.5. The van der Waals surface area contributed by atoms with E-state index in [0.717, 1.165) is 16.9 Å². The monoisotopic (exact) mass is 528 g/mol. The number of anilines is 2. The van der Waals surface area contributed by atoms with E-state index in [1.807, 2.05) is 48.5 Å². The van der Waals surface area contributed by atoms with Gasteiger partial charge in [-0.1, -0.05) is 36.4 Å². The highest BCUT2D eigenvalue weighted by molar-refractivity contribution is 7.99. The van der Waals surface area contributed by atoms with E-state index in [-0.39, 0.29) is 47.1 Å². The molecule has 3 aromatic carbocycles. The van der Waals surface area contributed by atoms with Crippen LogP contribution < -0.4 is 15.4 Å². The summed E-state index contributed by atoms with van der Waals surface area (Å²) >= 11 is 1.75. The molecule has 4 aliphatic heterocycles. The fourth-order valence-electron chi connectivity index (χ4n) is 7.34. The number of para-hydroxylation sites is 2. The topological polar surface area (TPSA) is 114 Å². The third-order valence-corrected chi connectivity index (χ3v) is 9.75. The van der Waals surface area contributed by atoms with E-state index in [0.29, 0.717) is 17.3 Å². The molecule has 0 saturated carbocycles. The number of benzene rings is 3. The minimum absolute atomic E-state index is 0.0831. The number of hydrogen-bond acceptors (Lipinski definition) is 8. The van der Waals surface area contributed by atoms with Crippen molar-refractivity contribution in [3.8, 4) is 5.75 Å². The summed E-state index contributed by atoms with van der Waals surface area (Å²) in [5, 5.41) is 18.2. The second-order valence-corrected chi connectivity index (χ2v) is 11.1. The molecule has 4 aliphatic rings. The van der Waals surface area contributed by atoms with E-state index < -0.39 is 15.9 Å². The van der Waals surface area contributed by atoms with E-state index in [4.69, 9.17) is 4.74 Å². The van der Waals surface area contributed by atoms with Crippen LogP contribution in [0.1, 0.15) is 27.4 Å². The maximum Gasteiger partial charge on any atom is 0.293 e. The first-order valence-electron chi connectivity index (χ1n) is 12.4. The number of carbonyl (C=O) groups is 2. The molecule has 4 heterocycles. The van der Waals surface area contributed by atoms with Crippen LogP contribution in [0.3, 0.4) is 0 Å². The quantitative estimate of drug-likeness (QED) is 0.384. The number of ether oxygens (including phenoxy) is 1. The van der Waals surface area contributed by atoms with Gasteiger partial charge >= 0.3 is 0 Å². The summed E-state index contributed by atoms with van der Waals surface area (Å²) in [5.41, 5.74) is 0.172. The van der Waals surface area contributed by atoms with Crippen molar-refractivity contribution in [1.82, 2.24) is 4.90 Å². The molecule has 2 fully saturated rings. The van der Waals surface area contributed by atoms with Crippen LogP contribution in [0.5, 0.6) is 5.75 Å². The number of nitro benzene ring substituents is 1. The van der Waals surface area contributed by atoms with Gasteiger partial charge < -0.3 is 15.4 Å². The molecule has 1 amide bonds. The Morgan fingerprint density at radius 3 is 2.63 bits per heavy atom. The van der Waals surface area contributed by atoms with Gasteiger partial charge in [-0.15, -0.1) is 11.8 Å². The maximum atomic E-state index is 15.0. The van der Waals surface area contributed by atoms with Crippen molar-refractivity contribution in [2.45, 2.75) is 17.5 Å². The summed E-state index contributed by atoms with van der Waals surface area (Å²) in [7, 11) is 1.61. The van der Waals surface area contributed by atoms with Crippen LogP contribution in [0, 0.1) is 15.5 Å². The summed E-state index contributed by atoms with van der Waals surface area (Å²) < 4.78 is 5.39. The molecule has 4 atom stereocenters. The molecular weight excluding hydrogens is 504 g/mol.